The summed E-state index contributed by atoms with van der Waals surface area (Å²) in [6.07, 6.45) is 0.701. The standard InChI is InChI=1S/C20H22N4O2S/c1-12(2)22-23-19-21-17-16(14-10-20(3,4)26-11-15(14)27-17)18(25)24(19)13-8-6-5-7-9-13/h5-9H,10-11H2,1-4H3,(H,21,23). The number of fused-ring (bicyclic) bond motifs is 3. The molecule has 0 amide bonds. The number of anilines is 1. The fourth-order valence-electron chi connectivity index (χ4n) is 3.25. The van der Waals surface area contributed by atoms with Gasteiger partial charge in [0.15, 0.2) is 0 Å². The van der Waals surface area contributed by atoms with Crippen molar-refractivity contribution >= 4 is 33.2 Å². The van der Waals surface area contributed by atoms with Crippen molar-refractivity contribution in [2.24, 2.45) is 5.10 Å². The molecule has 0 aliphatic carbocycles. The molecular formula is C20H22N4O2S. The van der Waals surface area contributed by atoms with Crippen molar-refractivity contribution in [3.63, 3.8) is 0 Å². The van der Waals surface area contributed by atoms with E-state index < -0.39 is 0 Å². The lowest BCUT2D eigenvalue weighted by Crippen LogP contribution is -2.32. The number of rotatable bonds is 3. The predicted molar refractivity (Wildman–Crippen MR) is 110 cm³/mol. The second-order valence-corrected chi connectivity index (χ2v) is 8.58. The zero-order valence-corrected chi connectivity index (χ0v) is 16.7. The Balaban J connectivity index is 2.00. The van der Waals surface area contributed by atoms with E-state index >= 15 is 0 Å². The number of benzene rings is 1. The molecule has 0 unspecified atom stereocenters. The first kappa shape index (κ1) is 17.9. The van der Waals surface area contributed by atoms with Gasteiger partial charge in [-0.15, -0.1) is 11.3 Å². The molecule has 1 aliphatic heterocycles. The zero-order valence-electron chi connectivity index (χ0n) is 15.9. The highest BCUT2D eigenvalue weighted by atomic mass is 32.1. The van der Waals surface area contributed by atoms with Gasteiger partial charge in [-0.05, 0) is 45.4 Å². The van der Waals surface area contributed by atoms with E-state index in [0.717, 1.165) is 26.7 Å². The molecule has 140 valence electrons. The minimum absolute atomic E-state index is 0.0761. The van der Waals surface area contributed by atoms with Crippen molar-refractivity contribution in [1.82, 2.24) is 9.55 Å². The summed E-state index contributed by atoms with van der Waals surface area (Å²) in [7, 11) is 0. The van der Waals surface area contributed by atoms with E-state index in [2.05, 4.69) is 24.4 Å². The number of thiophene rings is 1. The van der Waals surface area contributed by atoms with Crippen molar-refractivity contribution in [3.8, 4) is 5.69 Å². The summed E-state index contributed by atoms with van der Waals surface area (Å²) >= 11 is 1.53. The van der Waals surface area contributed by atoms with Gasteiger partial charge in [-0.25, -0.2) is 15.0 Å². The Hall–Kier alpha value is -2.51. The Morgan fingerprint density at radius 1 is 1.30 bits per heavy atom. The van der Waals surface area contributed by atoms with Crippen LogP contribution in [0, 0.1) is 0 Å². The largest absolute Gasteiger partial charge is 0.370 e. The third-order valence-electron chi connectivity index (χ3n) is 4.50. The lowest BCUT2D eigenvalue weighted by Gasteiger charge is -2.29. The first-order valence-electron chi connectivity index (χ1n) is 8.89. The van der Waals surface area contributed by atoms with E-state index in [9.17, 15) is 4.79 Å². The van der Waals surface area contributed by atoms with E-state index in [4.69, 9.17) is 9.72 Å². The van der Waals surface area contributed by atoms with Crippen LogP contribution in [0.3, 0.4) is 0 Å². The third-order valence-corrected chi connectivity index (χ3v) is 5.60. The zero-order chi connectivity index (χ0) is 19.2. The molecule has 0 spiro atoms. The van der Waals surface area contributed by atoms with Gasteiger partial charge in [0.2, 0.25) is 5.95 Å². The number of nitrogens with zero attached hydrogens (tertiary/aromatic N) is 3. The minimum atomic E-state index is -0.286. The van der Waals surface area contributed by atoms with E-state index in [1.165, 1.54) is 11.3 Å². The number of para-hydroxylation sites is 1. The molecule has 0 radical (unpaired) electrons. The number of ether oxygens (including phenoxy) is 1. The Kier molecular flexibility index (Phi) is 4.36. The van der Waals surface area contributed by atoms with Gasteiger partial charge in [-0.2, -0.15) is 5.10 Å². The highest BCUT2D eigenvalue weighted by Gasteiger charge is 2.31. The topological polar surface area (TPSA) is 68.5 Å². The molecule has 2 aromatic heterocycles. The molecule has 0 bridgehead atoms. The first-order valence-corrected chi connectivity index (χ1v) is 9.71. The van der Waals surface area contributed by atoms with Gasteiger partial charge in [0.1, 0.15) is 4.83 Å². The van der Waals surface area contributed by atoms with Crippen molar-refractivity contribution in [2.75, 3.05) is 5.43 Å². The summed E-state index contributed by atoms with van der Waals surface area (Å²) in [5.74, 6) is 0.415. The van der Waals surface area contributed by atoms with Crippen molar-refractivity contribution < 1.29 is 4.74 Å². The maximum absolute atomic E-state index is 13.5. The molecule has 4 rings (SSSR count). The molecule has 3 aromatic rings. The second-order valence-electron chi connectivity index (χ2n) is 7.49. The molecule has 27 heavy (non-hydrogen) atoms. The van der Waals surface area contributed by atoms with Gasteiger partial charge < -0.3 is 4.74 Å². The van der Waals surface area contributed by atoms with Crippen molar-refractivity contribution in [3.05, 3.63) is 51.1 Å². The van der Waals surface area contributed by atoms with Crippen LogP contribution < -0.4 is 11.0 Å². The number of hydrogen-bond donors (Lipinski definition) is 1. The van der Waals surface area contributed by atoms with E-state index in [1.807, 2.05) is 44.2 Å². The monoisotopic (exact) mass is 382 g/mol. The first-order chi connectivity index (χ1) is 12.9. The van der Waals surface area contributed by atoms with E-state index in [-0.39, 0.29) is 11.2 Å². The van der Waals surface area contributed by atoms with Crippen LogP contribution in [0.15, 0.2) is 40.2 Å². The molecule has 0 saturated heterocycles. The quantitative estimate of drug-likeness (QED) is 0.547. The Bertz CT molecular complexity index is 1090. The van der Waals surface area contributed by atoms with Gasteiger partial charge in [-0.3, -0.25) is 4.79 Å². The van der Waals surface area contributed by atoms with Gasteiger partial charge in [0.05, 0.1) is 23.3 Å². The molecule has 1 N–H and O–H groups in total. The normalized spacial score (nSPS) is 15.4. The fraction of sp³-hybridized carbons (Fsp3) is 0.350. The van der Waals surface area contributed by atoms with Gasteiger partial charge in [0, 0.05) is 17.0 Å². The number of hydrogen-bond acceptors (Lipinski definition) is 6. The number of nitrogens with one attached hydrogen (secondary N) is 1. The van der Waals surface area contributed by atoms with Crippen LogP contribution in [-0.2, 0) is 17.8 Å². The third kappa shape index (κ3) is 3.28. The summed E-state index contributed by atoms with van der Waals surface area (Å²) in [5.41, 5.74) is 5.27. The Labute approximate surface area is 161 Å². The second kappa shape index (κ2) is 6.58. The lowest BCUT2D eigenvalue weighted by atomic mass is 9.94. The molecule has 0 atom stereocenters. The molecule has 0 fully saturated rings. The average Bonchev–Trinajstić information content (AvgIpc) is 2.97. The maximum Gasteiger partial charge on any atom is 0.268 e. The minimum Gasteiger partial charge on any atom is -0.370 e. The molecule has 1 aliphatic rings. The SMILES string of the molecule is CC(C)=NNc1nc2sc3c(c2c(=O)n1-c1ccccc1)CC(C)(C)OC3. The Morgan fingerprint density at radius 2 is 2.04 bits per heavy atom. The van der Waals surface area contributed by atoms with Crippen molar-refractivity contribution in [1.29, 1.82) is 0 Å². The molecular weight excluding hydrogens is 360 g/mol. The maximum atomic E-state index is 13.5. The number of aromatic nitrogens is 2. The number of hydrazone groups is 1. The van der Waals surface area contributed by atoms with Gasteiger partial charge in [0.25, 0.3) is 5.56 Å². The lowest BCUT2D eigenvalue weighted by molar-refractivity contribution is -0.0379. The van der Waals surface area contributed by atoms with E-state index in [0.29, 0.717) is 24.4 Å². The highest BCUT2D eigenvalue weighted by Crippen LogP contribution is 2.37. The highest BCUT2D eigenvalue weighted by molar-refractivity contribution is 7.18. The summed E-state index contributed by atoms with van der Waals surface area (Å²) in [4.78, 5) is 20.1. The average molecular weight is 382 g/mol. The molecule has 0 saturated carbocycles. The van der Waals surface area contributed by atoms with Gasteiger partial charge in [-0.1, -0.05) is 18.2 Å². The van der Waals surface area contributed by atoms with Crippen LogP contribution in [0.5, 0.6) is 0 Å². The molecule has 3 heterocycles. The summed E-state index contributed by atoms with van der Waals surface area (Å²) in [6, 6.07) is 9.53. The van der Waals surface area contributed by atoms with Crippen LogP contribution >= 0.6 is 11.3 Å². The Morgan fingerprint density at radius 3 is 2.74 bits per heavy atom. The van der Waals surface area contributed by atoms with Crippen LogP contribution in [-0.4, -0.2) is 20.9 Å². The van der Waals surface area contributed by atoms with Crippen LogP contribution in [0.25, 0.3) is 15.9 Å². The molecule has 7 heteroatoms. The van der Waals surface area contributed by atoms with Crippen LogP contribution in [0.1, 0.15) is 38.1 Å². The van der Waals surface area contributed by atoms with Crippen LogP contribution in [0.4, 0.5) is 5.95 Å². The summed E-state index contributed by atoms with van der Waals surface area (Å²) < 4.78 is 7.52. The van der Waals surface area contributed by atoms with Crippen molar-refractivity contribution in [2.45, 2.75) is 46.3 Å². The smallest absolute Gasteiger partial charge is 0.268 e. The summed E-state index contributed by atoms with van der Waals surface area (Å²) in [6.45, 7) is 8.40. The van der Waals surface area contributed by atoms with E-state index in [1.54, 1.807) is 4.57 Å². The van der Waals surface area contributed by atoms with Crippen LogP contribution in [0.2, 0.25) is 0 Å². The summed E-state index contributed by atoms with van der Waals surface area (Å²) in [5, 5.41) is 4.95. The molecule has 1 aromatic carbocycles. The molecule has 6 nitrogen and oxygen atoms in total. The fourth-order valence-corrected chi connectivity index (χ4v) is 4.34. The predicted octanol–water partition coefficient (Wildman–Crippen LogP) is 4.11. The van der Waals surface area contributed by atoms with Gasteiger partial charge >= 0.3 is 0 Å².